The van der Waals surface area contributed by atoms with Crippen LogP contribution in [0, 0.1) is 5.92 Å². The van der Waals surface area contributed by atoms with E-state index >= 15 is 0 Å². The third kappa shape index (κ3) is 3.20. The van der Waals surface area contributed by atoms with E-state index in [-0.39, 0.29) is 0 Å². The van der Waals surface area contributed by atoms with Crippen LogP contribution in [0.5, 0.6) is 0 Å². The zero-order valence-electron chi connectivity index (χ0n) is 9.13. The maximum atomic E-state index is 5.92. The molecule has 1 fully saturated rings. The van der Waals surface area contributed by atoms with Crippen LogP contribution in [0.25, 0.3) is 0 Å². The molecule has 0 spiro atoms. The highest BCUT2D eigenvalue weighted by Gasteiger charge is 2.16. The van der Waals surface area contributed by atoms with E-state index in [2.05, 4.69) is 23.7 Å². The highest BCUT2D eigenvalue weighted by molar-refractivity contribution is 7.14. The standard InChI is InChI=1S/C12H18ClNS/c1-9(11-6-12(13)15-8-11)14-7-10-4-2-3-5-10/h6,8-10,14H,2-5,7H2,1H3. The summed E-state index contributed by atoms with van der Waals surface area (Å²) in [4.78, 5) is 0. The summed E-state index contributed by atoms with van der Waals surface area (Å²) in [6.45, 7) is 3.38. The van der Waals surface area contributed by atoms with Crippen molar-refractivity contribution >= 4 is 22.9 Å². The van der Waals surface area contributed by atoms with Crippen molar-refractivity contribution in [3.05, 3.63) is 21.3 Å². The summed E-state index contributed by atoms with van der Waals surface area (Å²) in [5, 5.41) is 5.75. The normalized spacial score (nSPS) is 19.6. The van der Waals surface area contributed by atoms with Crippen LogP contribution in [-0.4, -0.2) is 6.54 Å². The fraction of sp³-hybridized carbons (Fsp3) is 0.667. The Labute approximate surface area is 101 Å². The molecule has 0 aliphatic heterocycles. The Morgan fingerprint density at radius 2 is 2.27 bits per heavy atom. The van der Waals surface area contributed by atoms with Gasteiger partial charge in [-0.1, -0.05) is 24.4 Å². The molecule has 15 heavy (non-hydrogen) atoms. The molecule has 1 heterocycles. The number of nitrogens with one attached hydrogen (secondary N) is 1. The summed E-state index contributed by atoms with van der Waals surface area (Å²) in [5.74, 6) is 0.904. The van der Waals surface area contributed by atoms with Crippen molar-refractivity contribution in [3.63, 3.8) is 0 Å². The summed E-state index contributed by atoms with van der Waals surface area (Å²) in [5.41, 5.74) is 1.32. The van der Waals surface area contributed by atoms with E-state index in [9.17, 15) is 0 Å². The van der Waals surface area contributed by atoms with Crippen LogP contribution < -0.4 is 5.32 Å². The van der Waals surface area contributed by atoms with Crippen LogP contribution in [0.2, 0.25) is 4.34 Å². The summed E-state index contributed by atoms with van der Waals surface area (Å²) in [6.07, 6.45) is 5.66. The molecule has 2 rings (SSSR count). The average molecular weight is 244 g/mol. The largest absolute Gasteiger partial charge is 0.310 e. The van der Waals surface area contributed by atoms with Gasteiger partial charge in [0.05, 0.1) is 4.34 Å². The van der Waals surface area contributed by atoms with Crippen molar-refractivity contribution in [2.24, 2.45) is 5.92 Å². The Morgan fingerprint density at radius 1 is 1.53 bits per heavy atom. The molecular weight excluding hydrogens is 226 g/mol. The van der Waals surface area contributed by atoms with Gasteiger partial charge in [-0.3, -0.25) is 0 Å². The van der Waals surface area contributed by atoms with Crippen LogP contribution in [-0.2, 0) is 0 Å². The van der Waals surface area contributed by atoms with Gasteiger partial charge >= 0.3 is 0 Å². The quantitative estimate of drug-likeness (QED) is 0.834. The predicted octanol–water partition coefficient (Wildman–Crippen LogP) is 4.24. The SMILES string of the molecule is CC(NCC1CCCC1)c1csc(Cl)c1. The first-order valence-corrected chi connectivity index (χ1v) is 6.99. The van der Waals surface area contributed by atoms with Gasteiger partial charge in [0.25, 0.3) is 0 Å². The fourth-order valence-corrected chi connectivity index (χ4v) is 3.21. The molecule has 1 saturated carbocycles. The van der Waals surface area contributed by atoms with E-state index in [0.29, 0.717) is 6.04 Å². The van der Waals surface area contributed by atoms with Crippen molar-refractivity contribution in [3.8, 4) is 0 Å². The molecule has 84 valence electrons. The molecule has 3 heteroatoms. The van der Waals surface area contributed by atoms with E-state index in [1.165, 1.54) is 31.2 Å². The summed E-state index contributed by atoms with van der Waals surface area (Å²) in [7, 11) is 0. The van der Waals surface area contributed by atoms with E-state index in [0.717, 1.165) is 16.8 Å². The van der Waals surface area contributed by atoms with Gasteiger partial charge in [-0.2, -0.15) is 0 Å². The topological polar surface area (TPSA) is 12.0 Å². The number of thiophene rings is 1. The molecule has 1 nitrogen and oxygen atoms in total. The minimum absolute atomic E-state index is 0.439. The molecule has 0 bridgehead atoms. The first-order valence-electron chi connectivity index (χ1n) is 5.73. The molecule has 1 aliphatic carbocycles. The van der Waals surface area contributed by atoms with Gasteiger partial charge < -0.3 is 5.32 Å². The predicted molar refractivity (Wildman–Crippen MR) is 67.7 cm³/mol. The monoisotopic (exact) mass is 243 g/mol. The number of halogens is 1. The van der Waals surface area contributed by atoms with E-state index in [4.69, 9.17) is 11.6 Å². The second kappa shape index (κ2) is 5.33. The van der Waals surface area contributed by atoms with E-state index in [1.54, 1.807) is 11.3 Å². The summed E-state index contributed by atoms with van der Waals surface area (Å²) in [6, 6.07) is 2.51. The van der Waals surface area contributed by atoms with E-state index in [1.807, 2.05) is 0 Å². The Kier molecular flexibility index (Phi) is 4.06. The molecule has 1 aromatic heterocycles. The number of hydrogen-bond acceptors (Lipinski definition) is 2. The Balaban J connectivity index is 1.79. The Hall–Kier alpha value is -0.0500. The van der Waals surface area contributed by atoms with Gasteiger partial charge in [-0.05, 0) is 49.2 Å². The zero-order valence-corrected chi connectivity index (χ0v) is 10.7. The Bertz CT molecular complexity index is 304. The molecule has 1 aromatic rings. The van der Waals surface area contributed by atoms with Gasteiger partial charge in [0, 0.05) is 6.04 Å². The molecule has 1 N–H and O–H groups in total. The summed E-state index contributed by atoms with van der Waals surface area (Å²) < 4.78 is 0.888. The first-order chi connectivity index (χ1) is 7.25. The third-order valence-electron chi connectivity index (χ3n) is 3.28. The highest BCUT2D eigenvalue weighted by Crippen LogP contribution is 2.27. The molecule has 1 atom stereocenters. The summed E-state index contributed by atoms with van der Waals surface area (Å²) >= 11 is 7.54. The lowest BCUT2D eigenvalue weighted by Gasteiger charge is -2.16. The van der Waals surface area contributed by atoms with Crippen molar-refractivity contribution in [1.82, 2.24) is 5.32 Å². The molecule has 1 aliphatic rings. The first kappa shape index (κ1) is 11.4. The van der Waals surface area contributed by atoms with Gasteiger partial charge in [-0.15, -0.1) is 11.3 Å². The molecule has 0 radical (unpaired) electrons. The fourth-order valence-electron chi connectivity index (χ4n) is 2.23. The van der Waals surface area contributed by atoms with Crippen molar-refractivity contribution in [1.29, 1.82) is 0 Å². The molecular formula is C12H18ClNS. The number of rotatable bonds is 4. The van der Waals surface area contributed by atoms with E-state index < -0.39 is 0 Å². The van der Waals surface area contributed by atoms with Gasteiger partial charge in [0.1, 0.15) is 0 Å². The third-order valence-corrected chi connectivity index (χ3v) is 4.38. The van der Waals surface area contributed by atoms with Crippen LogP contribution in [0.4, 0.5) is 0 Å². The second-order valence-corrected chi connectivity index (χ2v) is 6.01. The van der Waals surface area contributed by atoms with Gasteiger partial charge in [0.2, 0.25) is 0 Å². The molecule has 0 aromatic carbocycles. The van der Waals surface area contributed by atoms with Crippen LogP contribution >= 0.6 is 22.9 Å². The lowest BCUT2D eigenvalue weighted by atomic mass is 10.1. The zero-order chi connectivity index (χ0) is 10.7. The minimum Gasteiger partial charge on any atom is -0.310 e. The molecule has 0 amide bonds. The van der Waals surface area contributed by atoms with Crippen LogP contribution in [0.15, 0.2) is 11.4 Å². The van der Waals surface area contributed by atoms with Crippen molar-refractivity contribution in [2.45, 2.75) is 38.6 Å². The average Bonchev–Trinajstić information content (AvgIpc) is 2.84. The van der Waals surface area contributed by atoms with Crippen LogP contribution in [0.1, 0.15) is 44.2 Å². The van der Waals surface area contributed by atoms with Crippen molar-refractivity contribution in [2.75, 3.05) is 6.54 Å². The van der Waals surface area contributed by atoms with Crippen molar-refractivity contribution < 1.29 is 0 Å². The molecule has 0 saturated heterocycles. The maximum Gasteiger partial charge on any atom is 0.0931 e. The second-order valence-electron chi connectivity index (χ2n) is 4.46. The van der Waals surface area contributed by atoms with Gasteiger partial charge in [-0.25, -0.2) is 0 Å². The number of hydrogen-bond donors (Lipinski definition) is 1. The Morgan fingerprint density at radius 3 is 2.87 bits per heavy atom. The van der Waals surface area contributed by atoms with Crippen LogP contribution in [0.3, 0.4) is 0 Å². The maximum absolute atomic E-state index is 5.92. The minimum atomic E-state index is 0.439. The smallest absolute Gasteiger partial charge is 0.0931 e. The molecule has 1 unspecified atom stereocenters. The lowest BCUT2D eigenvalue weighted by Crippen LogP contribution is -2.24. The van der Waals surface area contributed by atoms with Gasteiger partial charge in [0.15, 0.2) is 0 Å². The highest BCUT2D eigenvalue weighted by atomic mass is 35.5. The lowest BCUT2D eigenvalue weighted by molar-refractivity contribution is 0.453.